The van der Waals surface area contributed by atoms with Crippen molar-refractivity contribution in [1.29, 1.82) is 0 Å². The van der Waals surface area contributed by atoms with Gasteiger partial charge in [0, 0.05) is 41.5 Å². The van der Waals surface area contributed by atoms with E-state index in [0.717, 1.165) is 23.4 Å². The minimum Gasteiger partial charge on any atom is -0.391 e. The minimum absolute atomic E-state index is 0.0338. The molecule has 2 bridgehead atoms. The summed E-state index contributed by atoms with van der Waals surface area (Å²) in [5.41, 5.74) is 4.68. The molecule has 2 aromatic rings. The van der Waals surface area contributed by atoms with Crippen LogP contribution in [0.2, 0.25) is 0 Å². The van der Waals surface area contributed by atoms with Crippen LogP contribution in [-0.4, -0.2) is 77.9 Å². The van der Waals surface area contributed by atoms with Crippen molar-refractivity contribution < 1.29 is 19.9 Å². The lowest BCUT2D eigenvalue weighted by molar-refractivity contribution is -0.115. The first-order valence-electron chi connectivity index (χ1n) is 12.7. The van der Waals surface area contributed by atoms with E-state index in [1.165, 1.54) is 32.9 Å². The maximum atomic E-state index is 12.4. The first-order chi connectivity index (χ1) is 17.9. The molecule has 3 aliphatic rings. The number of amides is 2. The molecule has 6 N–H and O–H groups in total. The van der Waals surface area contributed by atoms with Gasteiger partial charge in [-0.25, -0.2) is 5.48 Å². The molecule has 0 spiro atoms. The summed E-state index contributed by atoms with van der Waals surface area (Å²) in [6.07, 6.45) is 1.62. The van der Waals surface area contributed by atoms with E-state index >= 15 is 0 Å². The lowest BCUT2D eigenvalue weighted by Gasteiger charge is -2.45. The Morgan fingerprint density at radius 3 is 2.19 bits per heavy atom. The fraction of sp³-hybridized carbons (Fsp3) is 0.429. The average Bonchev–Trinajstić information content (AvgIpc) is 2.92. The molecule has 9 heteroatoms. The quantitative estimate of drug-likeness (QED) is 0.223. The fourth-order valence-corrected chi connectivity index (χ4v) is 4.80. The van der Waals surface area contributed by atoms with Crippen LogP contribution in [0.1, 0.15) is 41.3 Å². The number of piperidine rings is 3. The van der Waals surface area contributed by atoms with Crippen molar-refractivity contribution in [3.63, 3.8) is 0 Å². The molecule has 0 radical (unpaired) electrons. The third-order valence-corrected chi connectivity index (χ3v) is 7.06. The Labute approximate surface area is 217 Å². The van der Waals surface area contributed by atoms with E-state index < -0.39 is 12.1 Å². The molecule has 3 aliphatic heterocycles. The number of aliphatic hydroxyl groups is 1. The van der Waals surface area contributed by atoms with Crippen LogP contribution in [0, 0.1) is 17.8 Å². The Morgan fingerprint density at radius 2 is 1.65 bits per heavy atom. The highest BCUT2D eigenvalue weighted by Gasteiger charge is 2.33. The summed E-state index contributed by atoms with van der Waals surface area (Å²) >= 11 is 0. The topological polar surface area (TPSA) is 126 Å². The molecule has 3 heterocycles. The molecule has 0 saturated carbocycles. The van der Waals surface area contributed by atoms with Gasteiger partial charge in [0.2, 0.25) is 5.91 Å². The van der Waals surface area contributed by atoms with Gasteiger partial charge in [0.05, 0.1) is 18.7 Å². The summed E-state index contributed by atoms with van der Waals surface area (Å²) in [5, 5.41) is 27.6. The molecule has 196 valence electrons. The maximum absolute atomic E-state index is 12.4. The number of hydrogen-bond acceptors (Lipinski definition) is 7. The third-order valence-electron chi connectivity index (χ3n) is 7.06. The second-order valence-electron chi connectivity index (χ2n) is 9.76. The second-order valence-corrected chi connectivity index (χ2v) is 9.76. The summed E-state index contributed by atoms with van der Waals surface area (Å²) in [6, 6.07) is 14.0. The zero-order valence-electron chi connectivity index (χ0n) is 21.0. The van der Waals surface area contributed by atoms with Crippen LogP contribution in [0.3, 0.4) is 0 Å². The zero-order chi connectivity index (χ0) is 26.2. The number of aliphatic hydroxyl groups excluding tert-OH is 1. The first kappa shape index (κ1) is 26.8. The third kappa shape index (κ3) is 7.61. The van der Waals surface area contributed by atoms with Crippen molar-refractivity contribution in [3.05, 3.63) is 65.2 Å². The smallest absolute Gasteiger partial charge is 0.251 e. The summed E-state index contributed by atoms with van der Waals surface area (Å²) in [5.74, 6) is 6.44. The van der Waals surface area contributed by atoms with Gasteiger partial charge < -0.3 is 31.2 Å². The van der Waals surface area contributed by atoms with Gasteiger partial charge in [0.25, 0.3) is 5.91 Å². The molecule has 2 amide bonds. The van der Waals surface area contributed by atoms with Gasteiger partial charge >= 0.3 is 0 Å². The molecule has 0 aromatic heterocycles. The zero-order valence-corrected chi connectivity index (χ0v) is 21.0. The Kier molecular flexibility index (Phi) is 9.28. The summed E-state index contributed by atoms with van der Waals surface area (Å²) in [6.45, 7) is 5.28. The maximum Gasteiger partial charge on any atom is 0.251 e. The van der Waals surface area contributed by atoms with Gasteiger partial charge in [-0.2, -0.15) is 0 Å². The van der Waals surface area contributed by atoms with Gasteiger partial charge in [-0.05, 0) is 87.3 Å². The lowest BCUT2D eigenvalue weighted by atomic mass is 9.84. The minimum atomic E-state index is -0.819. The number of hydroxylamine groups is 1. The number of nitrogens with zero attached hydrogens (tertiary/aromatic N) is 1. The molecule has 0 aliphatic carbocycles. The van der Waals surface area contributed by atoms with Gasteiger partial charge in [0.1, 0.15) is 0 Å². The van der Waals surface area contributed by atoms with E-state index in [0.29, 0.717) is 24.1 Å². The Hall–Kier alpha value is -3.26. The van der Waals surface area contributed by atoms with Gasteiger partial charge in [-0.15, -0.1) is 0 Å². The van der Waals surface area contributed by atoms with E-state index in [2.05, 4.69) is 32.7 Å². The van der Waals surface area contributed by atoms with E-state index in [-0.39, 0.29) is 18.4 Å². The number of rotatable bonds is 9. The number of fused-ring (bicyclic) bond motifs is 3. The molecule has 3 saturated heterocycles. The van der Waals surface area contributed by atoms with E-state index in [1.807, 2.05) is 29.7 Å². The van der Waals surface area contributed by atoms with Crippen molar-refractivity contribution in [2.24, 2.45) is 5.92 Å². The Balaban J connectivity index is 1.25. The van der Waals surface area contributed by atoms with Crippen LogP contribution in [0.15, 0.2) is 48.5 Å². The van der Waals surface area contributed by atoms with Gasteiger partial charge in [-0.1, -0.05) is 11.8 Å². The van der Waals surface area contributed by atoms with Crippen molar-refractivity contribution >= 4 is 17.5 Å². The predicted octanol–water partition coefficient (Wildman–Crippen LogP) is 1.17. The SMILES string of the molecule is C[C@@H](O)[C@H](CNO)NC(=O)c1ccc(C#Cc2ccc(NC(=O)CN[C@H]3CN4CCC3CC4)cc2)cc1. The van der Waals surface area contributed by atoms with E-state index in [9.17, 15) is 14.7 Å². The van der Waals surface area contributed by atoms with Crippen molar-refractivity contribution in [2.45, 2.75) is 38.0 Å². The highest BCUT2D eigenvalue weighted by Crippen LogP contribution is 2.27. The highest BCUT2D eigenvalue weighted by atomic mass is 16.5. The van der Waals surface area contributed by atoms with E-state index in [1.54, 1.807) is 24.3 Å². The molecule has 0 unspecified atom stereocenters. The summed E-state index contributed by atoms with van der Waals surface area (Å²) in [7, 11) is 0. The molecular formula is C28H35N5O4. The normalized spacial score (nSPS) is 21.9. The Morgan fingerprint density at radius 1 is 1.03 bits per heavy atom. The fourth-order valence-electron chi connectivity index (χ4n) is 4.80. The molecule has 2 aromatic carbocycles. The van der Waals surface area contributed by atoms with Crippen LogP contribution in [0.5, 0.6) is 0 Å². The number of carbonyl (C=O) groups excluding carboxylic acids is 2. The van der Waals surface area contributed by atoms with E-state index in [4.69, 9.17) is 5.21 Å². The summed E-state index contributed by atoms with van der Waals surface area (Å²) < 4.78 is 0. The first-order valence-corrected chi connectivity index (χ1v) is 12.7. The van der Waals surface area contributed by atoms with Crippen LogP contribution >= 0.6 is 0 Å². The van der Waals surface area contributed by atoms with Gasteiger partial charge in [0.15, 0.2) is 0 Å². The highest BCUT2D eigenvalue weighted by molar-refractivity contribution is 5.94. The number of benzene rings is 2. The van der Waals surface area contributed by atoms with Crippen LogP contribution in [-0.2, 0) is 4.79 Å². The Bertz CT molecular complexity index is 1120. The van der Waals surface area contributed by atoms with Gasteiger partial charge in [-0.3, -0.25) is 9.59 Å². The molecule has 37 heavy (non-hydrogen) atoms. The molecule has 3 atom stereocenters. The number of carbonyl (C=O) groups is 2. The molecular weight excluding hydrogens is 470 g/mol. The monoisotopic (exact) mass is 505 g/mol. The van der Waals surface area contributed by atoms with Crippen molar-refractivity contribution in [3.8, 4) is 11.8 Å². The lowest BCUT2D eigenvalue weighted by Crippen LogP contribution is -2.57. The second kappa shape index (κ2) is 12.8. The number of nitrogens with one attached hydrogen (secondary N) is 4. The predicted molar refractivity (Wildman–Crippen MR) is 141 cm³/mol. The average molecular weight is 506 g/mol. The van der Waals surface area contributed by atoms with Crippen LogP contribution in [0.4, 0.5) is 5.69 Å². The van der Waals surface area contributed by atoms with Crippen molar-refractivity contribution in [2.75, 3.05) is 38.0 Å². The molecule has 3 fully saturated rings. The molecule has 5 rings (SSSR count). The number of hydrogen-bond donors (Lipinski definition) is 6. The van der Waals surface area contributed by atoms with Crippen LogP contribution < -0.4 is 21.4 Å². The standard InChI is InChI=1S/C28H35N5O4/c1-19(34)25(16-30-37)32-28(36)23-8-4-20(5-9-23)2-3-21-6-10-24(11-7-21)31-27(35)17-29-26-18-33-14-12-22(26)13-15-33/h4-11,19,22,25-26,29-30,34,37H,12-18H2,1H3,(H,31,35)(H,32,36)/t19-,25+,26+/m1/s1. The number of anilines is 1. The van der Waals surface area contributed by atoms with Crippen molar-refractivity contribution in [1.82, 2.24) is 21.0 Å². The summed E-state index contributed by atoms with van der Waals surface area (Å²) in [4.78, 5) is 27.2. The largest absolute Gasteiger partial charge is 0.391 e. The van der Waals surface area contributed by atoms with Crippen LogP contribution in [0.25, 0.3) is 0 Å². The molecule has 9 nitrogen and oxygen atoms in total.